The Morgan fingerprint density at radius 1 is 1.10 bits per heavy atom. The Morgan fingerprint density at radius 2 is 1.76 bits per heavy atom. The monoisotopic (exact) mass is 396 g/mol. The molecular formula is C23H29FN4O. The zero-order valence-corrected chi connectivity index (χ0v) is 17.5. The van der Waals surface area contributed by atoms with Gasteiger partial charge in [0, 0.05) is 44.1 Å². The van der Waals surface area contributed by atoms with Gasteiger partial charge < -0.3 is 9.80 Å². The summed E-state index contributed by atoms with van der Waals surface area (Å²) in [6.07, 6.45) is 2.76. The lowest BCUT2D eigenvalue weighted by Gasteiger charge is -2.37. The highest BCUT2D eigenvalue weighted by molar-refractivity contribution is 5.81. The third kappa shape index (κ3) is 4.41. The summed E-state index contributed by atoms with van der Waals surface area (Å²) in [5.74, 6) is 2.35. The number of benzene rings is 1. The lowest BCUT2D eigenvalue weighted by molar-refractivity contribution is -0.132. The first-order valence-corrected chi connectivity index (χ1v) is 10.6. The van der Waals surface area contributed by atoms with E-state index in [-0.39, 0.29) is 17.7 Å². The number of anilines is 1. The Kier molecular flexibility index (Phi) is 5.52. The molecule has 0 unspecified atom stereocenters. The molecule has 2 heterocycles. The van der Waals surface area contributed by atoms with Crippen LogP contribution in [0.5, 0.6) is 0 Å². The minimum absolute atomic E-state index is 0.227. The molecular weight excluding hydrogens is 367 g/mol. The fourth-order valence-corrected chi connectivity index (χ4v) is 4.04. The van der Waals surface area contributed by atoms with E-state index in [1.54, 1.807) is 0 Å². The second-order valence-electron chi connectivity index (χ2n) is 8.50. The number of amides is 1. The lowest BCUT2D eigenvalue weighted by atomic mass is 9.97. The van der Waals surface area contributed by atoms with Crippen LogP contribution < -0.4 is 4.90 Å². The summed E-state index contributed by atoms with van der Waals surface area (Å²) in [7, 11) is 0. The van der Waals surface area contributed by atoms with Gasteiger partial charge in [-0.15, -0.1) is 0 Å². The number of piperazine rings is 1. The molecule has 1 aliphatic carbocycles. The highest BCUT2D eigenvalue weighted by atomic mass is 19.1. The van der Waals surface area contributed by atoms with E-state index >= 15 is 0 Å². The SMILES string of the molecule is Cc1nc(C(C)C)c(Cc2ccc(F)cc2)c(N2CCN(C(=O)C3CC3)CC2)n1. The molecule has 2 aliphatic rings. The maximum Gasteiger partial charge on any atom is 0.225 e. The summed E-state index contributed by atoms with van der Waals surface area (Å²) in [4.78, 5) is 26.2. The van der Waals surface area contributed by atoms with Gasteiger partial charge in [0.05, 0.1) is 5.69 Å². The van der Waals surface area contributed by atoms with Crippen LogP contribution in [0.1, 0.15) is 55.3 Å². The number of carbonyl (C=O) groups excluding carboxylic acids is 1. The molecule has 0 bridgehead atoms. The molecule has 2 aromatic rings. The number of halogens is 1. The van der Waals surface area contributed by atoms with E-state index in [1.165, 1.54) is 12.1 Å². The van der Waals surface area contributed by atoms with Gasteiger partial charge in [-0.05, 0) is 43.4 Å². The second kappa shape index (κ2) is 8.09. The van der Waals surface area contributed by atoms with Crippen molar-refractivity contribution < 1.29 is 9.18 Å². The maximum atomic E-state index is 13.4. The van der Waals surface area contributed by atoms with Crippen LogP contribution in [-0.2, 0) is 11.2 Å². The first-order chi connectivity index (χ1) is 13.9. The number of aromatic nitrogens is 2. The third-order valence-corrected chi connectivity index (χ3v) is 5.79. The van der Waals surface area contributed by atoms with E-state index in [0.717, 1.165) is 67.5 Å². The Hall–Kier alpha value is -2.50. The number of carbonyl (C=O) groups is 1. The van der Waals surface area contributed by atoms with Crippen LogP contribution in [0.3, 0.4) is 0 Å². The molecule has 5 nitrogen and oxygen atoms in total. The van der Waals surface area contributed by atoms with Gasteiger partial charge in [0.25, 0.3) is 0 Å². The van der Waals surface area contributed by atoms with Crippen LogP contribution >= 0.6 is 0 Å². The molecule has 0 atom stereocenters. The lowest BCUT2D eigenvalue weighted by Crippen LogP contribution is -2.49. The quantitative estimate of drug-likeness (QED) is 0.773. The van der Waals surface area contributed by atoms with Crippen molar-refractivity contribution in [1.29, 1.82) is 0 Å². The van der Waals surface area contributed by atoms with Gasteiger partial charge >= 0.3 is 0 Å². The molecule has 154 valence electrons. The van der Waals surface area contributed by atoms with E-state index in [4.69, 9.17) is 9.97 Å². The first-order valence-electron chi connectivity index (χ1n) is 10.6. The molecule has 1 aliphatic heterocycles. The minimum Gasteiger partial charge on any atom is -0.353 e. The number of rotatable bonds is 5. The van der Waals surface area contributed by atoms with Crippen molar-refractivity contribution in [2.75, 3.05) is 31.1 Å². The first kappa shape index (κ1) is 19.8. The Balaban J connectivity index is 1.61. The van der Waals surface area contributed by atoms with E-state index in [2.05, 4.69) is 18.7 Å². The molecule has 1 saturated carbocycles. The molecule has 29 heavy (non-hydrogen) atoms. The number of hydrogen-bond donors (Lipinski definition) is 0. The van der Waals surface area contributed by atoms with Gasteiger partial charge in [0.1, 0.15) is 17.5 Å². The number of hydrogen-bond acceptors (Lipinski definition) is 4. The predicted octanol–water partition coefficient (Wildman–Crippen LogP) is 3.70. The highest BCUT2D eigenvalue weighted by Crippen LogP contribution is 2.33. The van der Waals surface area contributed by atoms with Crippen LogP contribution in [0.25, 0.3) is 0 Å². The molecule has 1 saturated heterocycles. The molecule has 0 N–H and O–H groups in total. The molecule has 0 spiro atoms. The predicted molar refractivity (Wildman–Crippen MR) is 112 cm³/mol. The second-order valence-corrected chi connectivity index (χ2v) is 8.50. The van der Waals surface area contributed by atoms with Gasteiger partial charge in [-0.1, -0.05) is 26.0 Å². The average Bonchev–Trinajstić information content (AvgIpc) is 3.55. The van der Waals surface area contributed by atoms with E-state index in [9.17, 15) is 9.18 Å². The molecule has 6 heteroatoms. The van der Waals surface area contributed by atoms with Crippen molar-refractivity contribution in [2.45, 2.75) is 46.0 Å². The fourth-order valence-electron chi connectivity index (χ4n) is 4.04. The zero-order valence-electron chi connectivity index (χ0n) is 17.5. The molecule has 1 aromatic heterocycles. The van der Waals surface area contributed by atoms with Crippen LogP contribution in [-0.4, -0.2) is 47.0 Å². The number of nitrogens with zero attached hydrogens (tertiary/aromatic N) is 4. The van der Waals surface area contributed by atoms with Crippen molar-refractivity contribution in [1.82, 2.24) is 14.9 Å². The van der Waals surface area contributed by atoms with Crippen LogP contribution in [0.15, 0.2) is 24.3 Å². The van der Waals surface area contributed by atoms with Crippen LogP contribution in [0.2, 0.25) is 0 Å². The topological polar surface area (TPSA) is 49.3 Å². The number of aryl methyl sites for hydroxylation is 1. The van der Waals surface area contributed by atoms with Crippen molar-refractivity contribution in [3.8, 4) is 0 Å². The third-order valence-electron chi connectivity index (χ3n) is 5.79. The van der Waals surface area contributed by atoms with E-state index in [1.807, 2.05) is 24.0 Å². The van der Waals surface area contributed by atoms with Gasteiger partial charge in [0.15, 0.2) is 0 Å². The summed E-state index contributed by atoms with van der Waals surface area (Å²) in [6, 6.07) is 6.66. The van der Waals surface area contributed by atoms with Crippen molar-refractivity contribution in [2.24, 2.45) is 5.92 Å². The molecule has 1 aromatic carbocycles. The maximum absolute atomic E-state index is 13.4. The molecule has 4 rings (SSSR count). The summed E-state index contributed by atoms with van der Waals surface area (Å²) in [6.45, 7) is 9.27. The highest BCUT2D eigenvalue weighted by Gasteiger charge is 2.35. The van der Waals surface area contributed by atoms with E-state index < -0.39 is 0 Å². The minimum atomic E-state index is -0.227. The van der Waals surface area contributed by atoms with Crippen molar-refractivity contribution in [3.05, 3.63) is 52.7 Å². The van der Waals surface area contributed by atoms with Crippen molar-refractivity contribution >= 4 is 11.7 Å². The molecule has 2 fully saturated rings. The molecule has 1 amide bonds. The summed E-state index contributed by atoms with van der Waals surface area (Å²) >= 11 is 0. The van der Waals surface area contributed by atoms with Gasteiger partial charge in [0.2, 0.25) is 5.91 Å². The zero-order chi connectivity index (χ0) is 20.5. The van der Waals surface area contributed by atoms with Crippen LogP contribution in [0, 0.1) is 18.7 Å². The standard InChI is InChI=1S/C23H29FN4O/c1-15(2)21-20(14-17-4-8-19(24)9-5-17)22(26-16(3)25-21)27-10-12-28(13-11-27)23(29)18-6-7-18/h4-5,8-9,15,18H,6-7,10-14H2,1-3H3. The van der Waals surface area contributed by atoms with E-state index in [0.29, 0.717) is 12.3 Å². The normalized spacial score (nSPS) is 17.1. The summed E-state index contributed by atoms with van der Waals surface area (Å²) < 4.78 is 13.4. The van der Waals surface area contributed by atoms with Crippen molar-refractivity contribution in [3.63, 3.8) is 0 Å². The fraction of sp³-hybridized carbons (Fsp3) is 0.522. The summed E-state index contributed by atoms with van der Waals surface area (Å²) in [5.41, 5.74) is 3.21. The Bertz CT molecular complexity index is 884. The molecule has 0 radical (unpaired) electrons. The summed E-state index contributed by atoms with van der Waals surface area (Å²) in [5, 5.41) is 0. The van der Waals surface area contributed by atoms with Crippen LogP contribution in [0.4, 0.5) is 10.2 Å². The smallest absolute Gasteiger partial charge is 0.225 e. The largest absolute Gasteiger partial charge is 0.353 e. The van der Waals surface area contributed by atoms with Gasteiger partial charge in [-0.3, -0.25) is 4.79 Å². The van der Waals surface area contributed by atoms with Gasteiger partial charge in [-0.25, -0.2) is 14.4 Å². The van der Waals surface area contributed by atoms with Gasteiger partial charge in [-0.2, -0.15) is 0 Å². The Labute approximate surface area is 172 Å². The Morgan fingerprint density at radius 3 is 2.34 bits per heavy atom. The average molecular weight is 397 g/mol.